The lowest BCUT2D eigenvalue weighted by Gasteiger charge is -2.08. The molecule has 2 nitrogen and oxygen atoms in total. The van der Waals surface area contributed by atoms with Crippen molar-refractivity contribution in [2.24, 2.45) is 35.3 Å². The Morgan fingerprint density at radius 3 is 2.10 bits per heavy atom. The number of carbonyl (C=O) groups excluding carboxylic acids is 1. The highest BCUT2D eigenvalue weighted by Gasteiger charge is 2.69. The third kappa shape index (κ3) is 0.360. The molecule has 0 saturated heterocycles. The summed E-state index contributed by atoms with van der Waals surface area (Å²) < 4.78 is 0. The molecule has 1 amide bonds. The SMILES string of the molecule is NC(=O)C1C2CC3C(C2)C31. The van der Waals surface area contributed by atoms with Crippen molar-refractivity contribution in [2.75, 3.05) is 0 Å². The van der Waals surface area contributed by atoms with Crippen LogP contribution in [0.15, 0.2) is 0 Å². The summed E-state index contributed by atoms with van der Waals surface area (Å²) in [5, 5.41) is 0. The Labute approximate surface area is 59.8 Å². The summed E-state index contributed by atoms with van der Waals surface area (Å²) in [7, 11) is 0. The lowest BCUT2D eigenvalue weighted by molar-refractivity contribution is -0.122. The van der Waals surface area contributed by atoms with Crippen LogP contribution in [0.5, 0.6) is 0 Å². The van der Waals surface area contributed by atoms with Crippen molar-refractivity contribution in [3.05, 3.63) is 0 Å². The van der Waals surface area contributed by atoms with Crippen molar-refractivity contribution in [2.45, 2.75) is 12.8 Å². The standard InChI is InChI=1S/C8H11NO/c9-8(10)6-3-1-4-5(2-3)7(4)6/h3-7H,1-2H2,(H2,9,10). The summed E-state index contributed by atoms with van der Waals surface area (Å²) in [5.41, 5.74) is 5.29. The van der Waals surface area contributed by atoms with E-state index >= 15 is 0 Å². The van der Waals surface area contributed by atoms with Gasteiger partial charge in [0.05, 0.1) is 0 Å². The molecule has 3 atom stereocenters. The monoisotopic (exact) mass is 137 g/mol. The lowest BCUT2D eigenvalue weighted by atomic mass is 9.98. The molecule has 2 heteroatoms. The summed E-state index contributed by atoms with van der Waals surface area (Å²) in [5.74, 6) is 3.53. The molecule has 10 heavy (non-hydrogen) atoms. The van der Waals surface area contributed by atoms with E-state index in [2.05, 4.69) is 0 Å². The Bertz CT molecular complexity index is 199. The molecule has 4 rings (SSSR count). The van der Waals surface area contributed by atoms with Crippen LogP contribution in [-0.2, 0) is 4.79 Å². The van der Waals surface area contributed by atoms with Crippen LogP contribution in [0, 0.1) is 29.6 Å². The number of rotatable bonds is 1. The first-order chi connectivity index (χ1) is 4.79. The van der Waals surface area contributed by atoms with Crippen molar-refractivity contribution in [3.8, 4) is 0 Å². The van der Waals surface area contributed by atoms with Crippen molar-refractivity contribution in [3.63, 3.8) is 0 Å². The highest BCUT2D eigenvalue weighted by atomic mass is 16.1. The normalized spacial score (nSPS) is 61.0. The van der Waals surface area contributed by atoms with Gasteiger partial charge in [-0.1, -0.05) is 0 Å². The van der Waals surface area contributed by atoms with Crippen LogP contribution in [-0.4, -0.2) is 5.91 Å². The Balaban J connectivity index is 1.97. The van der Waals surface area contributed by atoms with Gasteiger partial charge in [0, 0.05) is 5.92 Å². The topological polar surface area (TPSA) is 43.1 Å². The zero-order valence-electron chi connectivity index (χ0n) is 5.79. The number of hydrogen-bond acceptors (Lipinski definition) is 1. The molecule has 4 aliphatic carbocycles. The second kappa shape index (κ2) is 1.25. The number of amides is 1. The van der Waals surface area contributed by atoms with E-state index in [-0.39, 0.29) is 11.8 Å². The van der Waals surface area contributed by atoms with E-state index in [1.165, 1.54) is 12.8 Å². The molecule has 0 aromatic heterocycles. The van der Waals surface area contributed by atoms with Crippen LogP contribution in [0.1, 0.15) is 12.8 Å². The number of nitrogens with two attached hydrogens (primary N) is 1. The number of carbonyl (C=O) groups is 1. The fourth-order valence-electron chi connectivity index (χ4n) is 3.50. The van der Waals surface area contributed by atoms with Gasteiger partial charge in [-0.2, -0.15) is 0 Å². The molecule has 0 spiro atoms. The van der Waals surface area contributed by atoms with Crippen molar-refractivity contribution in [1.29, 1.82) is 0 Å². The van der Waals surface area contributed by atoms with Crippen molar-refractivity contribution >= 4 is 5.91 Å². The molecule has 0 heterocycles. The van der Waals surface area contributed by atoms with E-state index in [1.807, 2.05) is 0 Å². The summed E-state index contributed by atoms with van der Waals surface area (Å²) in [4.78, 5) is 10.9. The third-order valence-electron chi connectivity index (χ3n) is 3.80. The fourth-order valence-corrected chi connectivity index (χ4v) is 3.50. The van der Waals surface area contributed by atoms with Gasteiger partial charge in [-0.15, -0.1) is 0 Å². The lowest BCUT2D eigenvalue weighted by Crippen LogP contribution is -2.25. The average Bonchev–Trinajstić information content (AvgIpc) is 2.38. The maximum Gasteiger partial charge on any atom is 0.221 e. The predicted octanol–water partition coefficient (Wildman–Crippen LogP) is 0.374. The van der Waals surface area contributed by atoms with Crippen molar-refractivity contribution < 1.29 is 4.79 Å². The second-order valence-electron chi connectivity index (χ2n) is 4.06. The summed E-state index contributed by atoms with van der Waals surface area (Å²) in [6, 6.07) is 0. The molecule has 3 unspecified atom stereocenters. The maximum absolute atomic E-state index is 10.9. The molecule has 4 bridgehead atoms. The van der Waals surface area contributed by atoms with Gasteiger partial charge in [0.2, 0.25) is 5.91 Å². The molecule has 0 aliphatic heterocycles. The van der Waals surface area contributed by atoms with Gasteiger partial charge in [0.15, 0.2) is 0 Å². The highest BCUT2D eigenvalue weighted by Crippen LogP contribution is 2.73. The highest BCUT2D eigenvalue weighted by molar-refractivity contribution is 5.79. The Kier molecular flexibility index (Phi) is 0.644. The Morgan fingerprint density at radius 1 is 1.30 bits per heavy atom. The summed E-state index contributed by atoms with van der Waals surface area (Å²) in [6.07, 6.45) is 2.62. The Morgan fingerprint density at radius 2 is 1.90 bits per heavy atom. The smallest absolute Gasteiger partial charge is 0.221 e. The third-order valence-corrected chi connectivity index (χ3v) is 3.80. The molecule has 4 aliphatic rings. The summed E-state index contributed by atoms with van der Waals surface area (Å²) >= 11 is 0. The van der Waals surface area contributed by atoms with Crippen LogP contribution in [0.2, 0.25) is 0 Å². The van der Waals surface area contributed by atoms with Gasteiger partial charge < -0.3 is 5.73 Å². The molecule has 54 valence electrons. The number of primary amides is 1. The molecular formula is C8H11NO. The predicted molar refractivity (Wildman–Crippen MR) is 35.9 cm³/mol. The maximum atomic E-state index is 10.9. The Hall–Kier alpha value is -0.530. The van der Waals surface area contributed by atoms with Gasteiger partial charge >= 0.3 is 0 Å². The van der Waals surface area contributed by atoms with Crippen molar-refractivity contribution in [1.82, 2.24) is 0 Å². The van der Waals surface area contributed by atoms with Crippen LogP contribution < -0.4 is 5.73 Å². The molecule has 4 fully saturated rings. The average molecular weight is 137 g/mol. The van der Waals surface area contributed by atoms with Gasteiger partial charge in [-0.05, 0) is 36.5 Å². The van der Waals surface area contributed by atoms with E-state index in [0.717, 1.165) is 17.8 Å². The first kappa shape index (κ1) is 5.16. The van der Waals surface area contributed by atoms with E-state index in [1.54, 1.807) is 0 Å². The minimum atomic E-state index is -0.0301. The molecular weight excluding hydrogens is 126 g/mol. The second-order valence-corrected chi connectivity index (χ2v) is 4.06. The minimum Gasteiger partial charge on any atom is -0.369 e. The van der Waals surface area contributed by atoms with Gasteiger partial charge in [-0.25, -0.2) is 0 Å². The van der Waals surface area contributed by atoms with E-state index < -0.39 is 0 Å². The number of hydrogen-bond donors (Lipinski definition) is 1. The van der Waals surface area contributed by atoms with Gasteiger partial charge in [0.1, 0.15) is 0 Å². The van der Waals surface area contributed by atoms with E-state index in [0.29, 0.717) is 5.92 Å². The van der Waals surface area contributed by atoms with Gasteiger partial charge in [0.25, 0.3) is 0 Å². The first-order valence-corrected chi connectivity index (χ1v) is 4.08. The molecule has 2 N–H and O–H groups in total. The largest absolute Gasteiger partial charge is 0.369 e. The zero-order valence-corrected chi connectivity index (χ0v) is 5.79. The minimum absolute atomic E-state index is 0.0301. The molecule has 4 saturated carbocycles. The van der Waals surface area contributed by atoms with Gasteiger partial charge in [-0.3, -0.25) is 4.79 Å². The zero-order chi connectivity index (χ0) is 6.88. The fraction of sp³-hybridized carbons (Fsp3) is 0.875. The molecule has 0 radical (unpaired) electrons. The van der Waals surface area contributed by atoms with E-state index in [9.17, 15) is 4.79 Å². The first-order valence-electron chi connectivity index (χ1n) is 4.08. The summed E-state index contributed by atoms with van der Waals surface area (Å²) in [6.45, 7) is 0. The quantitative estimate of drug-likeness (QED) is 0.557. The molecule has 0 aromatic carbocycles. The van der Waals surface area contributed by atoms with E-state index in [4.69, 9.17) is 5.73 Å². The van der Waals surface area contributed by atoms with Crippen LogP contribution >= 0.6 is 0 Å². The van der Waals surface area contributed by atoms with Crippen LogP contribution in [0.25, 0.3) is 0 Å². The van der Waals surface area contributed by atoms with Crippen LogP contribution in [0.3, 0.4) is 0 Å². The van der Waals surface area contributed by atoms with Crippen LogP contribution in [0.4, 0.5) is 0 Å². The molecule has 0 aromatic rings.